The van der Waals surface area contributed by atoms with Gasteiger partial charge in [-0.15, -0.1) is 0 Å². The van der Waals surface area contributed by atoms with E-state index in [4.69, 9.17) is 10.2 Å². The number of hydrogen-bond donors (Lipinski definition) is 3. The second-order valence-electron chi connectivity index (χ2n) is 3.18. The standard InChI is InChI=1S/C10H11F2NO3/c11-8-2-1-6(3-9(8)12)10(16)13-4-7(15)5-14/h1-3,7,14-15H,4-5H2,(H,13,16). The molecule has 1 amide bonds. The Hall–Kier alpha value is -1.53. The van der Waals surface area contributed by atoms with Gasteiger partial charge in [0, 0.05) is 12.1 Å². The van der Waals surface area contributed by atoms with Crippen LogP contribution in [0.3, 0.4) is 0 Å². The Morgan fingerprint density at radius 2 is 2.06 bits per heavy atom. The molecule has 0 spiro atoms. The summed E-state index contributed by atoms with van der Waals surface area (Å²) in [6, 6.07) is 2.72. The molecule has 88 valence electrons. The van der Waals surface area contributed by atoms with Gasteiger partial charge < -0.3 is 15.5 Å². The quantitative estimate of drug-likeness (QED) is 0.685. The lowest BCUT2D eigenvalue weighted by molar-refractivity contribution is 0.0801. The van der Waals surface area contributed by atoms with E-state index in [0.717, 1.165) is 18.2 Å². The Labute approximate surface area is 90.5 Å². The summed E-state index contributed by atoms with van der Waals surface area (Å²) >= 11 is 0. The number of aliphatic hydroxyl groups is 2. The molecule has 1 aromatic carbocycles. The van der Waals surface area contributed by atoms with Gasteiger partial charge in [0.2, 0.25) is 0 Å². The van der Waals surface area contributed by atoms with Crippen molar-refractivity contribution >= 4 is 5.91 Å². The monoisotopic (exact) mass is 231 g/mol. The molecule has 0 aliphatic carbocycles. The first kappa shape index (κ1) is 12.5. The number of aliphatic hydroxyl groups excluding tert-OH is 2. The van der Waals surface area contributed by atoms with Gasteiger partial charge in [0.15, 0.2) is 11.6 Å². The number of hydrogen-bond acceptors (Lipinski definition) is 3. The van der Waals surface area contributed by atoms with Crippen LogP contribution < -0.4 is 5.32 Å². The molecule has 0 bridgehead atoms. The first-order chi connectivity index (χ1) is 7.54. The van der Waals surface area contributed by atoms with Crippen molar-refractivity contribution in [1.29, 1.82) is 0 Å². The van der Waals surface area contributed by atoms with Crippen molar-refractivity contribution in [2.24, 2.45) is 0 Å². The molecule has 0 saturated heterocycles. The van der Waals surface area contributed by atoms with Gasteiger partial charge in [0.05, 0.1) is 12.7 Å². The minimum absolute atomic E-state index is 0.0518. The van der Waals surface area contributed by atoms with E-state index in [1.807, 2.05) is 0 Å². The summed E-state index contributed by atoms with van der Waals surface area (Å²) in [5.41, 5.74) is -0.0518. The van der Waals surface area contributed by atoms with Gasteiger partial charge in [0.25, 0.3) is 5.91 Å². The summed E-state index contributed by atoms with van der Waals surface area (Å²) in [6.07, 6.45) is -1.07. The molecule has 3 N–H and O–H groups in total. The maximum absolute atomic E-state index is 12.8. The zero-order chi connectivity index (χ0) is 12.1. The molecule has 0 heterocycles. The van der Waals surface area contributed by atoms with E-state index in [-0.39, 0.29) is 12.1 Å². The molecule has 0 aliphatic rings. The average Bonchev–Trinajstić information content (AvgIpc) is 2.29. The van der Waals surface area contributed by atoms with Crippen LogP contribution in [0.15, 0.2) is 18.2 Å². The zero-order valence-electron chi connectivity index (χ0n) is 8.28. The molecule has 1 rings (SSSR count). The van der Waals surface area contributed by atoms with Crippen LogP contribution in [0.5, 0.6) is 0 Å². The van der Waals surface area contributed by atoms with Gasteiger partial charge in [-0.3, -0.25) is 4.79 Å². The Morgan fingerprint density at radius 3 is 2.62 bits per heavy atom. The number of benzene rings is 1. The van der Waals surface area contributed by atoms with Crippen LogP contribution >= 0.6 is 0 Å². The fourth-order valence-electron chi connectivity index (χ4n) is 1.01. The Morgan fingerprint density at radius 1 is 1.38 bits per heavy atom. The van der Waals surface area contributed by atoms with Crippen molar-refractivity contribution in [2.45, 2.75) is 6.10 Å². The van der Waals surface area contributed by atoms with Crippen molar-refractivity contribution in [3.8, 4) is 0 Å². The van der Waals surface area contributed by atoms with Gasteiger partial charge in [-0.2, -0.15) is 0 Å². The van der Waals surface area contributed by atoms with Crippen molar-refractivity contribution in [2.75, 3.05) is 13.2 Å². The highest BCUT2D eigenvalue weighted by Gasteiger charge is 2.10. The minimum atomic E-state index is -1.12. The molecule has 0 aliphatic heterocycles. The largest absolute Gasteiger partial charge is 0.394 e. The molecule has 0 aromatic heterocycles. The number of carbonyl (C=O) groups is 1. The lowest BCUT2D eigenvalue weighted by Crippen LogP contribution is -2.33. The lowest BCUT2D eigenvalue weighted by atomic mass is 10.2. The van der Waals surface area contributed by atoms with Crippen LogP contribution in [-0.4, -0.2) is 35.4 Å². The molecular formula is C10H11F2NO3. The molecule has 1 atom stereocenters. The third kappa shape index (κ3) is 3.25. The molecule has 0 fully saturated rings. The number of nitrogens with one attached hydrogen (secondary N) is 1. The highest BCUT2D eigenvalue weighted by Crippen LogP contribution is 2.08. The van der Waals surface area contributed by atoms with Gasteiger partial charge in [0.1, 0.15) is 0 Å². The predicted molar refractivity (Wildman–Crippen MR) is 51.8 cm³/mol. The number of carbonyl (C=O) groups excluding carboxylic acids is 1. The highest BCUT2D eigenvalue weighted by molar-refractivity contribution is 5.94. The van der Waals surface area contributed by atoms with Crippen molar-refractivity contribution in [3.05, 3.63) is 35.4 Å². The fraction of sp³-hybridized carbons (Fsp3) is 0.300. The van der Waals surface area contributed by atoms with Gasteiger partial charge >= 0.3 is 0 Å². The summed E-state index contributed by atoms with van der Waals surface area (Å²) < 4.78 is 25.3. The predicted octanol–water partition coefficient (Wildman–Crippen LogP) is 0.0478. The molecule has 16 heavy (non-hydrogen) atoms. The summed E-state index contributed by atoms with van der Waals surface area (Å²) in [7, 11) is 0. The van der Waals surface area contributed by atoms with E-state index in [1.54, 1.807) is 0 Å². The number of rotatable bonds is 4. The normalized spacial score (nSPS) is 12.2. The third-order valence-corrected chi connectivity index (χ3v) is 1.89. The molecule has 0 saturated carbocycles. The van der Waals surface area contributed by atoms with Crippen molar-refractivity contribution in [1.82, 2.24) is 5.32 Å². The SMILES string of the molecule is O=C(NCC(O)CO)c1ccc(F)c(F)c1. The molecule has 0 radical (unpaired) electrons. The average molecular weight is 231 g/mol. The lowest BCUT2D eigenvalue weighted by Gasteiger charge is -2.08. The van der Waals surface area contributed by atoms with E-state index in [9.17, 15) is 13.6 Å². The zero-order valence-corrected chi connectivity index (χ0v) is 8.28. The Balaban J connectivity index is 2.63. The van der Waals surface area contributed by atoms with E-state index in [2.05, 4.69) is 5.32 Å². The van der Waals surface area contributed by atoms with Gasteiger partial charge in [-0.1, -0.05) is 0 Å². The van der Waals surface area contributed by atoms with E-state index < -0.39 is 30.3 Å². The molecule has 4 nitrogen and oxygen atoms in total. The smallest absolute Gasteiger partial charge is 0.251 e. The fourth-order valence-corrected chi connectivity index (χ4v) is 1.01. The topological polar surface area (TPSA) is 69.6 Å². The molecular weight excluding hydrogens is 220 g/mol. The van der Waals surface area contributed by atoms with Crippen LogP contribution in [0.4, 0.5) is 8.78 Å². The van der Waals surface area contributed by atoms with Crippen LogP contribution in [0.1, 0.15) is 10.4 Å². The van der Waals surface area contributed by atoms with E-state index >= 15 is 0 Å². The first-order valence-electron chi connectivity index (χ1n) is 4.56. The Kier molecular flexibility index (Phi) is 4.33. The maximum Gasteiger partial charge on any atom is 0.251 e. The summed E-state index contributed by atoms with van der Waals surface area (Å²) in [4.78, 5) is 11.3. The van der Waals surface area contributed by atoms with Gasteiger partial charge in [-0.25, -0.2) is 8.78 Å². The summed E-state index contributed by atoms with van der Waals surface area (Å²) in [5, 5.41) is 19.7. The second kappa shape index (κ2) is 5.53. The van der Waals surface area contributed by atoms with Crippen molar-refractivity contribution < 1.29 is 23.8 Å². The maximum atomic E-state index is 12.8. The number of halogens is 2. The van der Waals surface area contributed by atoms with Gasteiger partial charge in [-0.05, 0) is 18.2 Å². The highest BCUT2D eigenvalue weighted by atomic mass is 19.2. The third-order valence-electron chi connectivity index (χ3n) is 1.89. The van der Waals surface area contributed by atoms with E-state index in [0.29, 0.717) is 0 Å². The molecule has 1 unspecified atom stereocenters. The van der Waals surface area contributed by atoms with Crippen LogP contribution in [0.2, 0.25) is 0 Å². The Bertz CT molecular complexity index is 384. The summed E-state index contributed by atoms with van der Waals surface area (Å²) in [5.74, 6) is -2.80. The minimum Gasteiger partial charge on any atom is -0.394 e. The van der Waals surface area contributed by atoms with Crippen molar-refractivity contribution in [3.63, 3.8) is 0 Å². The number of amides is 1. The molecule has 6 heteroatoms. The molecule has 1 aromatic rings. The second-order valence-corrected chi connectivity index (χ2v) is 3.18. The first-order valence-corrected chi connectivity index (χ1v) is 4.56. The summed E-state index contributed by atoms with van der Waals surface area (Å²) in [6.45, 7) is -0.646. The van der Waals surface area contributed by atoms with Crippen LogP contribution in [0, 0.1) is 11.6 Å². The van der Waals surface area contributed by atoms with Crippen LogP contribution in [0.25, 0.3) is 0 Å². The van der Waals surface area contributed by atoms with E-state index in [1.165, 1.54) is 0 Å². The van der Waals surface area contributed by atoms with Crippen LogP contribution in [-0.2, 0) is 0 Å².